The molecule has 7 nitrogen and oxygen atoms in total. The number of anilines is 1. The molecule has 28 heavy (non-hydrogen) atoms. The number of alkyl halides is 2. The highest BCUT2D eigenvalue weighted by Crippen LogP contribution is 2.44. The van der Waals surface area contributed by atoms with E-state index < -0.39 is 42.7 Å². The predicted octanol–water partition coefficient (Wildman–Crippen LogP) is 1.72. The van der Waals surface area contributed by atoms with Crippen molar-refractivity contribution in [3.8, 4) is 0 Å². The molecule has 2 amide bonds. The van der Waals surface area contributed by atoms with Crippen LogP contribution in [0.5, 0.6) is 0 Å². The zero-order chi connectivity index (χ0) is 19.8. The fraction of sp³-hybridized carbons (Fsp3) is 0.500. The number of hydrogen-bond acceptors (Lipinski definition) is 5. The number of halogens is 3. The molecule has 2 saturated heterocycles. The second kappa shape index (κ2) is 8.40. The molecule has 10 heteroatoms. The summed E-state index contributed by atoms with van der Waals surface area (Å²) in [5.74, 6) is -6.94. The molecule has 2 heterocycles. The van der Waals surface area contributed by atoms with E-state index in [0.29, 0.717) is 5.56 Å². The van der Waals surface area contributed by atoms with Gasteiger partial charge in [0, 0.05) is 12.1 Å². The van der Waals surface area contributed by atoms with Crippen LogP contribution in [0.3, 0.4) is 0 Å². The minimum Gasteiger partial charge on any atom is -0.480 e. The minimum absolute atomic E-state index is 0. The number of benzene rings is 1. The molecule has 0 aliphatic carbocycles. The van der Waals surface area contributed by atoms with E-state index in [4.69, 9.17) is 10.8 Å². The van der Waals surface area contributed by atoms with Crippen molar-refractivity contribution >= 4 is 35.9 Å². The lowest BCUT2D eigenvalue weighted by Gasteiger charge is -2.38. The molecule has 0 aromatic heterocycles. The van der Waals surface area contributed by atoms with Gasteiger partial charge in [0.25, 0.3) is 5.92 Å². The topological polar surface area (TPSA) is 113 Å². The van der Waals surface area contributed by atoms with Crippen LogP contribution in [0.25, 0.3) is 0 Å². The zero-order valence-electron chi connectivity index (χ0n) is 15.0. The molecule has 1 aromatic rings. The lowest BCUT2D eigenvalue weighted by Crippen LogP contribution is -2.49. The normalized spacial score (nSPS) is 24.9. The van der Waals surface area contributed by atoms with Crippen LogP contribution >= 0.6 is 12.4 Å². The van der Waals surface area contributed by atoms with E-state index >= 15 is 0 Å². The molecule has 2 aliphatic rings. The van der Waals surface area contributed by atoms with Crippen LogP contribution in [0.1, 0.15) is 42.2 Å². The van der Waals surface area contributed by atoms with E-state index in [-0.39, 0.29) is 55.4 Å². The van der Waals surface area contributed by atoms with Gasteiger partial charge < -0.3 is 10.8 Å². The van der Waals surface area contributed by atoms with E-state index in [9.17, 15) is 23.2 Å². The Labute approximate surface area is 166 Å². The summed E-state index contributed by atoms with van der Waals surface area (Å²) in [6.45, 7) is -0.880. The summed E-state index contributed by atoms with van der Waals surface area (Å²) in [6.07, 6.45) is 0.513. The SMILES string of the molecule is Cl.Nc1c(C2CCC(=O)NC2=O)cccc1C1CCN(CC(=O)O)CC1(F)F. The molecule has 154 valence electrons. The van der Waals surface area contributed by atoms with Crippen molar-refractivity contribution in [3.05, 3.63) is 29.3 Å². The van der Waals surface area contributed by atoms with Gasteiger partial charge in [0.05, 0.1) is 24.9 Å². The third-order valence-corrected chi connectivity index (χ3v) is 5.20. The van der Waals surface area contributed by atoms with E-state index in [1.165, 1.54) is 11.0 Å². The number of carbonyl (C=O) groups is 3. The summed E-state index contributed by atoms with van der Waals surface area (Å²) in [7, 11) is 0. The summed E-state index contributed by atoms with van der Waals surface area (Å²) < 4.78 is 29.4. The summed E-state index contributed by atoms with van der Waals surface area (Å²) >= 11 is 0. The number of rotatable bonds is 4. The van der Waals surface area contributed by atoms with Crippen LogP contribution in [0.2, 0.25) is 0 Å². The molecule has 2 aliphatic heterocycles. The number of carboxylic acid groups (broad SMARTS) is 1. The van der Waals surface area contributed by atoms with E-state index in [1.807, 2.05) is 0 Å². The molecular formula is C18H22ClF2N3O4. The number of aliphatic carboxylic acids is 1. The Kier molecular flexibility index (Phi) is 6.61. The second-order valence-electron chi connectivity index (χ2n) is 7.06. The van der Waals surface area contributed by atoms with Gasteiger partial charge in [-0.2, -0.15) is 0 Å². The number of carboxylic acids is 1. The predicted molar refractivity (Wildman–Crippen MR) is 99.6 cm³/mol. The van der Waals surface area contributed by atoms with Crippen molar-refractivity contribution in [2.24, 2.45) is 0 Å². The first-order valence-electron chi connectivity index (χ1n) is 8.73. The first-order valence-corrected chi connectivity index (χ1v) is 8.73. The Balaban J connectivity index is 0.00000280. The van der Waals surface area contributed by atoms with Crippen molar-refractivity contribution in [1.82, 2.24) is 10.2 Å². The maximum atomic E-state index is 14.7. The molecule has 0 spiro atoms. The summed E-state index contributed by atoms with van der Waals surface area (Å²) in [5, 5.41) is 11.1. The van der Waals surface area contributed by atoms with Crippen LogP contribution < -0.4 is 11.1 Å². The summed E-state index contributed by atoms with van der Waals surface area (Å²) in [5.41, 5.74) is 7.02. The van der Waals surface area contributed by atoms with Crippen molar-refractivity contribution < 1.29 is 28.3 Å². The number of amides is 2. The fourth-order valence-electron chi connectivity index (χ4n) is 3.92. The Bertz CT molecular complexity index is 790. The average molecular weight is 418 g/mol. The number of carbonyl (C=O) groups excluding carboxylic acids is 2. The molecule has 2 unspecified atom stereocenters. The molecular weight excluding hydrogens is 396 g/mol. The molecule has 0 radical (unpaired) electrons. The van der Waals surface area contributed by atoms with Crippen LogP contribution in [-0.2, 0) is 14.4 Å². The van der Waals surface area contributed by atoms with Crippen molar-refractivity contribution in [3.63, 3.8) is 0 Å². The smallest absolute Gasteiger partial charge is 0.317 e. The van der Waals surface area contributed by atoms with Crippen LogP contribution in [-0.4, -0.2) is 53.3 Å². The van der Waals surface area contributed by atoms with Crippen molar-refractivity contribution in [2.45, 2.75) is 37.0 Å². The van der Waals surface area contributed by atoms with Gasteiger partial charge >= 0.3 is 5.97 Å². The van der Waals surface area contributed by atoms with Gasteiger partial charge in [0.1, 0.15) is 0 Å². The van der Waals surface area contributed by atoms with Gasteiger partial charge in [-0.05, 0) is 30.5 Å². The number of nitrogen functional groups attached to an aromatic ring is 1. The number of imide groups is 1. The highest BCUT2D eigenvalue weighted by Gasteiger charge is 2.46. The maximum Gasteiger partial charge on any atom is 0.317 e. The van der Waals surface area contributed by atoms with Crippen molar-refractivity contribution in [1.29, 1.82) is 0 Å². The minimum atomic E-state index is -3.15. The summed E-state index contributed by atoms with van der Waals surface area (Å²) in [6, 6.07) is 4.73. The number of nitrogens with zero attached hydrogens (tertiary/aromatic N) is 1. The third kappa shape index (κ3) is 4.41. The average Bonchev–Trinajstić information content (AvgIpc) is 2.55. The molecule has 2 atom stereocenters. The Morgan fingerprint density at radius 1 is 1.29 bits per heavy atom. The largest absolute Gasteiger partial charge is 0.480 e. The number of nitrogens with one attached hydrogen (secondary N) is 1. The first kappa shape index (κ1) is 22.0. The second-order valence-corrected chi connectivity index (χ2v) is 7.06. The molecule has 3 rings (SSSR count). The van der Waals surface area contributed by atoms with Crippen LogP contribution in [0.15, 0.2) is 18.2 Å². The number of piperidine rings is 2. The van der Waals surface area contributed by atoms with E-state index in [2.05, 4.69) is 5.32 Å². The third-order valence-electron chi connectivity index (χ3n) is 5.20. The quantitative estimate of drug-likeness (QED) is 0.508. The van der Waals surface area contributed by atoms with Gasteiger partial charge in [-0.15, -0.1) is 12.4 Å². The number of para-hydroxylation sites is 1. The summed E-state index contributed by atoms with van der Waals surface area (Å²) in [4.78, 5) is 35.4. The molecule has 4 N–H and O–H groups in total. The van der Waals surface area contributed by atoms with Gasteiger partial charge in [-0.25, -0.2) is 8.78 Å². The monoisotopic (exact) mass is 417 g/mol. The molecule has 2 fully saturated rings. The Morgan fingerprint density at radius 2 is 1.96 bits per heavy atom. The van der Waals surface area contributed by atoms with Crippen molar-refractivity contribution in [2.75, 3.05) is 25.4 Å². The lowest BCUT2D eigenvalue weighted by atomic mass is 9.81. The van der Waals surface area contributed by atoms with E-state index in [0.717, 1.165) is 0 Å². The lowest BCUT2D eigenvalue weighted by molar-refractivity contribution is -0.142. The standard InChI is InChI=1S/C18H21F2N3O4.ClH/c19-18(20)9-23(8-15(25)26)7-6-13(18)12-3-1-2-10(16(12)21)11-4-5-14(24)22-17(11)27;/h1-3,11,13H,4-9,21H2,(H,25,26)(H,22,24,27);1H. The van der Waals surface area contributed by atoms with Crippen LogP contribution in [0, 0.1) is 0 Å². The van der Waals surface area contributed by atoms with Crippen LogP contribution in [0.4, 0.5) is 14.5 Å². The highest BCUT2D eigenvalue weighted by molar-refractivity contribution is 6.01. The number of likely N-dealkylation sites (tertiary alicyclic amines) is 1. The Morgan fingerprint density at radius 3 is 2.57 bits per heavy atom. The molecule has 0 saturated carbocycles. The van der Waals surface area contributed by atoms with Gasteiger partial charge in [0.2, 0.25) is 11.8 Å². The maximum absolute atomic E-state index is 14.7. The molecule has 1 aromatic carbocycles. The number of nitrogens with two attached hydrogens (primary N) is 1. The van der Waals surface area contributed by atoms with E-state index in [1.54, 1.807) is 12.1 Å². The number of hydrogen-bond donors (Lipinski definition) is 3. The highest BCUT2D eigenvalue weighted by atomic mass is 35.5. The fourth-order valence-corrected chi connectivity index (χ4v) is 3.92. The molecule has 0 bridgehead atoms. The van der Waals surface area contributed by atoms with Gasteiger partial charge in [0.15, 0.2) is 0 Å². The Hall–Kier alpha value is -2.26. The van der Waals surface area contributed by atoms with Gasteiger partial charge in [-0.3, -0.25) is 24.6 Å². The first-order chi connectivity index (χ1) is 12.7. The van der Waals surface area contributed by atoms with Gasteiger partial charge in [-0.1, -0.05) is 18.2 Å². The zero-order valence-corrected chi connectivity index (χ0v) is 15.8.